The van der Waals surface area contributed by atoms with Gasteiger partial charge in [0.25, 0.3) is 0 Å². The molecule has 70 valence electrons. The lowest BCUT2D eigenvalue weighted by molar-refractivity contribution is 0.914. The van der Waals surface area contributed by atoms with Crippen LogP contribution < -0.4 is 0 Å². The van der Waals surface area contributed by atoms with Gasteiger partial charge in [-0.2, -0.15) is 0 Å². The van der Waals surface area contributed by atoms with Gasteiger partial charge < -0.3 is 0 Å². The molecule has 0 amide bonds. The zero-order valence-corrected chi connectivity index (χ0v) is 12.3. The van der Waals surface area contributed by atoms with Crippen LogP contribution in [-0.4, -0.2) is 20.6 Å². The van der Waals surface area contributed by atoms with Crippen LogP contribution in [-0.2, 0) is 0 Å². The topological polar surface area (TPSA) is 0 Å². The van der Waals surface area contributed by atoms with Crippen LogP contribution in [0.1, 0.15) is 19.3 Å². The van der Waals surface area contributed by atoms with Crippen LogP contribution in [0, 0.1) is 0 Å². The highest BCUT2D eigenvalue weighted by atomic mass is 127. The Morgan fingerprint density at radius 1 is 0.727 bits per heavy atom. The Morgan fingerprint density at radius 3 is 1.27 bits per heavy atom. The predicted molar refractivity (Wildman–Crippen MR) is 73.1 cm³/mol. The van der Waals surface area contributed by atoms with Gasteiger partial charge in [0.15, 0.2) is 0 Å². The predicted octanol–water partition coefficient (Wildman–Crippen LogP) is 4.49. The van der Waals surface area contributed by atoms with Crippen LogP contribution in [0.2, 0.25) is 0 Å². The third kappa shape index (κ3) is 24.5. The van der Waals surface area contributed by atoms with Crippen LogP contribution in [0.5, 0.6) is 0 Å². The maximum absolute atomic E-state index is 5.38. The number of rotatable bonds is 5. The molecule has 11 heavy (non-hydrogen) atoms. The van der Waals surface area contributed by atoms with Gasteiger partial charge in [-0.15, -0.1) is 23.2 Å². The van der Waals surface area contributed by atoms with Crippen LogP contribution >= 0.6 is 68.4 Å². The lowest BCUT2D eigenvalue weighted by atomic mass is 10.4. The van der Waals surface area contributed by atoms with E-state index in [-0.39, 0.29) is 0 Å². The smallest absolute Gasteiger partial charge is 0.0230 e. The fourth-order valence-electron chi connectivity index (χ4n) is 0.239. The zero-order valence-electron chi connectivity index (χ0n) is 6.46. The molecule has 0 heterocycles. The van der Waals surface area contributed by atoms with Crippen molar-refractivity contribution in [3.63, 3.8) is 0 Å². The Labute approximate surface area is 107 Å². The average Bonchev–Trinajstić information content (AvgIpc) is 2.04. The fraction of sp³-hybridized carbons (Fsp3) is 1.00. The van der Waals surface area contributed by atoms with Crippen molar-refractivity contribution < 1.29 is 0 Å². The first kappa shape index (κ1) is 15.5. The summed E-state index contributed by atoms with van der Waals surface area (Å²) in [5, 5.41) is 0. The second-order valence-corrected chi connectivity index (χ2v) is 4.73. The van der Waals surface area contributed by atoms with Gasteiger partial charge in [-0.05, 0) is 23.7 Å². The fourth-order valence-corrected chi connectivity index (χ4v) is 1.93. The molecule has 0 spiro atoms. The van der Waals surface area contributed by atoms with Crippen LogP contribution in [0.25, 0.3) is 0 Å². The molecule has 0 aliphatic carbocycles. The van der Waals surface area contributed by atoms with Crippen molar-refractivity contribution in [2.24, 2.45) is 0 Å². The van der Waals surface area contributed by atoms with Crippen LogP contribution in [0.15, 0.2) is 0 Å². The highest BCUT2D eigenvalue weighted by Crippen LogP contribution is 1.94. The summed E-state index contributed by atoms with van der Waals surface area (Å²) in [5.41, 5.74) is 0. The van der Waals surface area contributed by atoms with E-state index in [4.69, 9.17) is 23.2 Å². The number of alkyl halides is 4. The van der Waals surface area contributed by atoms with E-state index in [9.17, 15) is 0 Å². The lowest BCUT2D eigenvalue weighted by Crippen LogP contribution is -1.74. The largest absolute Gasteiger partial charge is 0.127 e. The standard InChI is InChI=1S/C4H8ClI.C3H6ClI/c5-3-1-2-4-6;4-2-1-3-5/h1-4H2;1-3H2. The summed E-state index contributed by atoms with van der Waals surface area (Å²) in [4.78, 5) is 0. The zero-order chi connectivity index (χ0) is 8.95. The summed E-state index contributed by atoms with van der Waals surface area (Å²) < 4.78 is 2.42. The van der Waals surface area contributed by atoms with E-state index in [0.717, 1.165) is 18.2 Å². The van der Waals surface area contributed by atoms with Crippen LogP contribution in [0.4, 0.5) is 0 Å². The molecule has 0 N–H and O–H groups in total. The van der Waals surface area contributed by atoms with E-state index in [1.54, 1.807) is 0 Å². The third-order valence-corrected chi connectivity index (χ3v) is 2.84. The first-order chi connectivity index (χ1) is 5.33. The van der Waals surface area contributed by atoms with Crippen molar-refractivity contribution in [2.45, 2.75) is 19.3 Å². The van der Waals surface area contributed by atoms with Gasteiger partial charge in [-0.25, -0.2) is 0 Å². The minimum Gasteiger partial charge on any atom is -0.127 e. The molecule has 0 rings (SSSR count). The quantitative estimate of drug-likeness (QED) is 0.348. The van der Waals surface area contributed by atoms with Crippen molar-refractivity contribution in [1.29, 1.82) is 0 Å². The second kappa shape index (κ2) is 18.0. The van der Waals surface area contributed by atoms with Gasteiger partial charge in [-0.3, -0.25) is 0 Å². The van der Waals surface area contributed by atoms with Gasteiger partial charge in [-0.1, -0.05) is 45.2 Å². The molecule has 0 saturated carbocycles. The van der Waals surface area contributed by atoms with E-state index in [0.29, 0.717) is 0 Å². The molecule has 0 aromatic carbocycles. The Balaban J connectivity index is 0. The highest BCUT2D eigenvalue weighted by Gasteiger charge is 1.78. The van der Waals surface area contributed by atoms with Crippen molar-refractivity contribution in [1.82, 2.24) is 0 Å². The van der Waals surface area contributed by atoms with Gasteiger partial charge in [0.05, 0.1) is 0 Å². The lowest BCUT2D eigenvalue weighted by Gasteiger charge is -1.83. The molecule has 0 aliphatic heterocycles. The molecule has 0 aliphatic rings. The minimum atomic E-state index is 0.808. The summed E-state index contributed by atoms with van der Waals surface area (Å²) >= 11 is 15.3. The van der Waals surface area contributed by atoms with E-state index < -0.39 is 0 Å². The van der Waals surface area contributed by atoms with Gasteiger partial charge in [0.1, 0.15) is 0 Å². The molecule has 0 unspecified atom stereocenters. The number of unbranched alkanes of at least 4 members (excludes halogenated alkanes) is 1. The molecule has 0 aromatic heterocycles. The molecular formula is C7H14Cl2I2. The van der Waals surface area contributed by atoms with E-state index in [1.807, 2.05) is 0 Å². The number of hydrogen-bond donors (Lipinski definition) is 0. The molecule has 0 nitrogen and oxygen atoms in total. The average molecular weight is 423 g/mol. The van der Waals surface area contributed by atoms with Gasteiger partial charge >= 0.3 is 0 Å². The second-order valence-electron chi connectivity index (χ2n) is 1.82. The molecule has 0 bridgehead atoms. The third-order valence-electron chi connectivity index (χ3n) is 0.785. The molecule has 0 aromatic rings. The molecular weight excluding hydrogens is 409 g/mol. The Morgan fingerprint density at radius 2 is 1.18 bits per heavy atom. The Hall–Kier alpha value is 2.04. The molecule has 0 radical (unpaired) electrons. The normalized spacial score (nSPS) is 8.73. The molecule has 0 saturated heterocycles. The van der Waals surface area contributed by atoms with E-state index in [2.05, 4.69) is 45.2 Å². The SMILES string of the molecule is ClCCCCI.ClCCCI. The summed E-state index contributed by atoms with van der Waals surface area (Å²) in [6, 6.07) is 0. The first-order valence-electron chi connectivity index (χ1n) is 3.57. The number of halogens is 4. The molecule has 0 fully saturated rings. The Kier molecular flexibility index (Phi) is 25.3. The maximum Gasteiger partial charge on any atom is 0.0230 e. The van der Waals surface area contributed by atoms with Crippen LogP contribution in [0.3, 0.4) is 0 Å². The van der Waals surface area contributed by atoms with Crippen molar-refractivity contribution in [3.05, 3.63) is 0 Å². The summed E-state index contributed by atoms with van der Waals surface area (Å²) in [5.74, 6) is 1.63. The van der Waals surface area contributed by atoms with Crippen molar-refractivity contribution in [3.8, 4) is 0 Å². The van der Waals surface area contributed by atoms with E-state index in [1.165, 1.54) is 21.7 Å². The molecule has 4 heteroatoms. The minimum absolute atomic E-state index is 0.808. The summed E-state index contributed by atoms with van der Waals surface area (Å²) in [6.07, 6.45) is 3.58. The van der Waals surface area contributed by atoms with Gasteiger partial charge in [0, 0.05) is 16.2 Å². The highest BCUT2D eigenvalue weighted by molar-refractivity contribution is 14.1. The van der Waals surface area contributed by atoms with Crippen molar-refractivity contribution >= 4 is 68.4 Å². The first-order valence-corrected chi connectivity index (χ1v) is 7.69. The molecule has 0 atom stereocenters. The van der Waals surface area contributed by atoms with Crippen molar-refractivity contribution in [2.75, 3.05) is 20.6 Å². The summed E-state index contributed by atoms with van der Waals surface area (Å²) in [6.45, 7) is 0. The maximum atomic E-state index is 5.38. The summed E-state index contributed by atoms with van der Waals surface area (Å²) in [7, 11) is 0. The van der Waals surface area contributed by atoms with Gasteiger partial charge in [0.2, 0.25) is 0 Å². The Bertz CT molecular complexity index is 47.7. The monoisotopic (exact) mass is 422 g/mol. The number of hydrogen-bond acceptors (Lipinski definition) is 0. The van der Waals surface area contributed by atoms with E-state index >= 15 is 0 Å².